The standard InChI is InChI=1S/C12H16N2OS2/c1-2-16-9-4-3-5-10(11(9)12(13)14)17-8-6-15-7-8/h3-5,8H,2,6-7H2,1H3,(H3,13,14). The molecular formula is C12H16N2OS2. The molecule has 1 aliphatic rings. The average Bonchev–Trinajstić information content (AvgIpc) is 2.23. The van der Waals surface area contributed by atoms with Crippen LogP contribution < -0.4 is 5.73 Å². The highest BCUT2D eigenvalue weighted by Crippen LogP contribution is 2.35. The smallest absolute Gasteiger partial charge is 0.125 e. The van der Waals surface area contributed by atoms with E-state index < -0.39 is 0 Å². The Morgan fingerprint density at radius 2 is 2.18 bits per heavy atom. The second-order valence-electron chi connectivity index (χ2n) is 3.75. The molecule has 0 amide bonds. The van der Waals surface area contributed by atoms with Crippen LogP contribution in [0.3, 0.4) is 0 Å². The Labute approximate surface area is 110 Å². The maximum atomic E-state index is 7.73. The Bertz CT molecular complexity index is 419. The number of hydrogen-bond acceptors (Lipinski definition) is 4. The van der Waals surface area contributed by atoms with Gasteiger partial charge in [-0.05, 0) is 17.9 Å². The van der Waals surface area contributed by atoms with Gasteiger partial charge >= 0.3 is 0 Å². The topological polar surface area (TPSA) is 59.1 Å². The van der Waals surface area contributed by atoms with Crippen LogP contribution in [0, 0.1) is 5.41 Å². The molecule has 0 bridgehead atoms. The molecule has 0 aromatic heterocycles. The Kier molecular flexibility index (Phi) is 4.36. The minimum Gasteiger partial charge on any atom is -0.384 e. The summed E-state index contributed by atoms with van der Waals surface area (Å²) in [7, 11) is 0. The van der Waals surface area contributed by atoms with Crippen LogP contribution in [0.5, 0.6) is 0 Å². The van der Waals surface area contributed by atoms with Gasteiger partial charge in [-0.1, -0.05) is 13.0 Å². The Morgan fingerprint density at radius 1 is 1.47 bits per heavy atom. The third kappa shape index (κ3) is 2.97. The predicted octanol–water partition coefficient (Wildman–Crippen LogP) is 2.57. The molecule has 2 rings (SSSR count). The molecule has 0 atom stereocenters. The number of thioether (sulfide) groups is 2. The number of ether oxygens (including phenoxy) is 1. The van der Waals surface area contributed by atoms with E-state index in [0.717, 1.165) is 34.3 Å². The van der Waals surface area contributed by atoms with Gasteiger partial charge in [0.1, 0.15) is 5.84 Å². The molecule has 5 heteroatoms. The van der Waals surface area contributed by atoms with Crippen molar-refractivity contribution in [3.8, 4) is 0 Å². The first-order valence-electron chi connectivity index (χ1n) is 5.57. The van der Waals surface area contributed by atoms with E-state index in [1.165, 1.54) is 0 Å². The van der Waals surface area contributed by atoms with Crippen molar-refractivity contribution < 1.29 is 4.74 Å². The van der Waals surface area contributed by atoms with Crippen molar-refractivity contribution in [2.24, 2.45) is 5.73 Å². The number of rotatable bonds is 5. The zero-order chi connectivity index (χ0) is 12.3. The number of nitrogens with two attached hydrogens (primary N) is 1. The second kappa shape index (κ2) is 5.80. The second-order valence-corrected chi connectivity index (χ2v) is 6.40. The van der Waals surface area contributed by atoms with Crippen molar-refractivity contribution in [3.05, 3.63) is 23.8 Å². The molecule has 1 aromatic rings. The number of hydrogen-bond donors (Lipinski definition) is 2. The van der Waals surface area contributed by atoms with E-state index in [4.69, 9.17) is 15.9 Å². The number of amidine groups is 1. The summed E-state index contributed by atoms with van der Waals surface area (Å²) in [5.41, 5.74) is 6.59. The fourth-order valence-electron chi connectivity index (χ4n) is 1.61. The normalized spacial score (nSPS) is 15.6. The van der Waals surface area contributed by atoms with E-state index >= 15 is 0 Å². The van der Waals surface area contributed by atoms with Crippen LogP contribution in [-0.2, 0) is 4.74 Å². The lowest BCUT2D eigenvalue weighted by atomic mass is 10.2. The summed E-state index contributed by atoms with van der Waals surface area (Å²) in [4.78, 5) is 2.20. The third-order valence-corrected chi connectivity index (χ3v) is 4.60. The molecule has 0 aliphatic carbocycles. The fraction of sp³-hybridized carbons (Fsp3) is 0.417. The van der Waals surface area contributed by atoms with Crippen LogP contribution in [0.2, 0.25) is 0 Å². The highest BCUT2D eigenvalue weighted by Gasteiger charge is 2.22. The van der Waals surface area contributed by atoms with Crippen LogP contribution in [0.1, 0.15) is 12.5 Å². The zero-order valence-electron chi connectivity index (χ0n) is 9.73. The van der Waals surface area contributed by atoms with Gasteiger partial charge < -0.3 is 10.5 Å². The molecule has 17 heavy (non-hydrogen) atoms. The highest BCUT2D eigenvalue weighted by atomic mass is 32.2. The molecule has 0 radical (unpaired) electrons. The van der Waals surface area contributed by atoms with E-state index in [2.05, 4.69) is 6.92 Å². The van der Waals surface area contributed by atoms with E-state index in [9.17, 15) is 0 Å². The maximum absolute atomic E-state index is 7.73. The summed E-state index contributed by atoms with van der Waals surface area (Å²) in [6, 6.07) is 6.11. The van der Waals surface area contributed by atoms with Crippen molar-refractivity contribution in [3.63, 3.8) is 0 Å². The SMILES string of the molecule is CCSc1cccc(SC2COC2)c1C(=N)N. The van der Waals surface area contributed by atoms with Crippen molar-refractivity contribution in [1.82, 2.24) is 0 Å². The van der Waals surface area contributed by atoms with Gasteiger partial charge in [0.05, 0.1) is 18.5 Å². The molecule has 3 nitrogen and oxygen atoms in total. The van der Waals surface area contributed by atoms with Crippen molar-refractivity contribution >= 4 is 29.4 Å². The minimum atomic E-state index is 0.157. The van der Waals surface area contributed by atoms with Gasteiger partial charge in [0, 0.05) is 15.4 Å². The van der Waals surface area contributed by atoms with E-state index in [1.807, 2.05) is 18.2 Å². The molecule has 0 spiro atoms. The van der Waals surface area contributed by atoms with Crippen LogP contribution >= 0.6 is 23.5 Å². The zero-order valence-corrected chi connectivity index (χ0v) is 11.4. The minimum absolute atomic E-state index is 0.157. The summed E-state index contributed by atoms with van der Waals surface area (Å²) in [6.07, 6.45) is 0. The number of nitrogens with one attached hydrogen (secondary N) is 1. The predicted molar refractivity (Wildman–Crippen MR) is 74.3 cm³/mol. The van der Waals surface area contributed by atoms with Gasteiger partial charge in [-0.25, -0.2) is 0 Å². The first-order chi connectivity index (χ1) is 8.22. The van der Waals surface area contributed by atoms with Gasteiger partial charge in [0.15, 0.2) is 0 Å². The van der Waals surface area contributed by atoms with Gasteiger partial charge in [0.2, 0.25) is 0 Å². The quantitative estimate of drug-likeness (QED) is 0.489. The van der Waals surface area contributed by atoms with Crippen LogP contribution in [0.15, 0.2) is 28.0 Å². The molecule has 3 N–H and O–H groups in total. The molecule has 1 saturated heterocycles. The number of benzene rings is 1. The first-order valence-corrected chi connectivity index (χ1v) is 7.43. The lowest BCUT2D eigenvalue weighted by molar-refractivity contribution is 0.0455. The molecule has 1 aliphatic heterocycles. The molecule has 1 heterocycles. The van der Waals surface area contributed by atoms with Crippen LogP contribution in [0.25, 0.3) is 0 Å². The summed E-state index contributed by atoms with van der Waals surface area (Å²) in [5, 5.41) is 8.24. The molecular weight excluding hydrogens is 252 g/mol. The van der Waals surface area contributed by atoms with Crippen LogP contribution in [0.4, 0.5) is 0 Å². The Morgan fingerprint density at radius 3 is 2.71 bits per heavy atom. The fourth-order valence-corrected chi connectivity index (χ4v) is 3.71. The largest absolute Gasteiger partial charge is 0.384 e. The third-order valence-electron chi connectivity index (χ3n) is 2.46. The molecule has 1 aromatic carbocycles. The molecule has 92 valence electrons. The van der Waals surface area contributed by atoms with Gasteiger partial charge in [0.25, 0.3) is 0 Å². The van der Waals surface area contributed by atoms with Gasteiger partial charge in [-0.3, -0.25) is 5.41 Å². The van der Waals surface area contributed by atoms with Crippen molar-refractivity contribution in [2.45, 2.75) is 22.0 Å². The monoisotopic (exact) mass is 268 g/mol. The summed E-state index contributed by atoms with van der Waals surface area (Å²) >= 11 is 3.50. The lowest BCUT2D eigenvalue weighted by Gasteiger charge is -2.26. The van der Waals surface area contributed by atoms with Crippen LogP contribution in [-0.4, -0.2) is 30.1 Å². The van der Waals surface area contributed by atoms with E-state index in [0.29, 0.717) is 5.25 Å². The van der Waals surface area contributed by atoms with Gasteiger partial charge in [-0.15, -0.1) is 23.5 Å². The number of nitrogen functional groups attached to an aromatic ring is 1. The summed E-state index contributed by atoms with van der Waals surface area (Å²) in [6.45, 7) is 3.70. The lowest BCUT2D eigenvalue weighted by Crippen LogP contribution is -2.30. The summed E-state index contributed by atoms with van der Waals surface area (Å²) in [5.74, 6) is 1.14. The highest BCUT2D eigenvalue weighted by molar-refractivity contribution is 8.00. The first kappa shape index (κ1) is 12.8. The molecule has 0 unspecified atom stereocenters. The van der Waals surface area contributed by atoms with Gasteiger partial charge in [-0.2, -0.15) is 0 Å². The van der Waals surface area contributed by atoms with Crippen molar-refractivity contribution in [2.75, 3.05) is 19.0 Å². The molecule has 0 saturated carbocycles. The maximum Gasteiger partial charge on any atom is 0.125 e. The summed E-state index contributed by atoms with van der Waals surface area (Å²) < 4.78 is 5.17. The van der Waals surface area contributed by atoms with E-state index in [-0.39, 0.29) is 5.84 Å². The van der Waals surface area contributed by atoms with Crippen molar-refractivity contribution in [1.29, 1.82) is 5.41 Å². The average molecular weight is 268 g/mol. The molecule has 1 fully saturated rings. The Hall–Kier alpha value is -0.650. The Balaban J connectivity index is 2.28. The van der Waals surface area contributed by atoms with E-state index in [1.54, 1.807) is 23.5 Å².